The Kier molecular flexibility index (Phi) is 3.54. The highest BCUT2D eigenvalue weighted by Gasteiger charge is 2.33. The van der Waals surface area contributed by atoms with Gasteiger partial charge < -0.3 is 15.1 Å². The summed E-state index contributed by atoms with van der Waals surface area (Å²) in [6.07, 6.45) is 7.02. The second-order valence-corrected chi connectivity index (χ2v) is 7.16. The molecule has 0 spiro atoms. The Balaban J connectivity index is 1.40. The fourth-order valence-electron chi connectivity index (χ4n) is 4.55. The summed E-state index contributed by atoms with van der Waals surface area (Å²) in [7, 11) is 2.21. The molecule has 0 radical (unpaired) electrons. The SMILES string of the molecule is CN1CCN(CCC2CC3CCC(C2)N3)c2ccccc21. The van der Waals surface area contributed by atoms with Gasteiger partial charge in [-0.2, -0.15) is 0 Å². The summed E-state index contributed by atoms with van der Waals surface area (Å²) in [6, 6.07) is 10.5. The first kappa shape index (κ1) is 13.4. The van der Waals surface area contributed by atoms with Crippen LogP contribution in [0.2, 0.25) is 0 Å². The van der Waals surface area contributed by atoms with Crippen LogP contribution < -0.4 is 15.1 Å². The molecule has 2 fully saturated rings. The second kappa shape index (κ2) is 5.53. The monoisotopic (exact) mass is 285 g/mol. The maximum absolute atomic E-state index is 3.76. The van der Waals surface area contributed by atoms with Gasteiger partial charge in [0.05, 0.1) is 11.4 Å². The van der Waals surface area contributed by atoms with E-state index in [-0.39, 0.29) is 0 Å². The van der Waals surface area contributed by atoms with Gasteiger partial charge in [-0.05, 0) is 50.2 Å². The molecule has 1 N–H and O–H groups in total. The Hall–Kier alpha value is -1.22. The van der Waals surface area contributed by atoms with Crippen molar-refractivity contribution >= 4 is 11.4 Å². The van der Waals surface area contributed by atoms with Crippen LogP contribution in [-0.2, 0) is 0 Å². The Morgan fingerprint density at radius 2 is 1.76 bits per heavy atom. The zero-order chi connectivity index (χ0) is 14.2. The Bertz CT molecular complexity index is 489. The lowest BCUT2D eigenvalue weighted by molar-refractivity contribution is 0.287. The molecule has 2 bridgehead atoms. The molecule has 3 heteroatoms. The first-order valence-electron chi connectivity index (χ1n) is 8.61. The van der Waals surface area contributed by atoms with E-state index in [1.54, 1.807) is 0 Å². The van der Waals surface area contributed by atoms with Crippen molar-refractivity contribution in [3.8, 4) is 0 Å². The van der Waals surface area contributed by atoms with E-state index in [9.17, 15) is 0 Å². The Morgan fingerprint density at radius 1 is 1.05 bits per heavy atom. The molecule has 3 aliphatic heterocycles. The van der Waals surface area contributed by atoms with E-state index >= 15 is 0 Å². The molecule has 4 rings (SSSR count). The van der Waals surface area contributed by atoms with Gasteiger partial charge in [0, 0.05) is 38.8 Å². The average molecular weight is 285 g/mol. The first-order chi connectivity index (χ1) is 10.3. The molecule has 0 saturated carbocycles. The number of benzene rings is 1. The van der Waals surface area contributed by atoms with E-state index in [0.717, 1.165) is 24.5 Å². The van der Waals surface area contributed by atoms with Gasteiger partial charge in [-0.15, -0.1) is 0 Å². The maximum Gasteiger partial charge on any atom is 0.0604 e. The summed E-state index contributed by atoms with van der Waals surface area (Å²) in [5.74, 6) is 0.940. The van der Waals surface area contributed by atoms with Crippen LogP contribution in [0.25, 0.3) is 0 Å². The number of nitrogens with one attached hydrogen (secondary N) is 1. The summed E-state index contributed by atoms with van der Waals surface area (Å²) in [6.45, 7) is 3.55. The Labute approximate surface area is 128 Å². The number of nitrogens with zero attached hydrogens (tertiary/aromatic N) is 2. The summed E-state index contributed by atoms with van der Waals surface area (Å²) < 4.78 is 0. The molecule has 3 nitrogen and oxygen atoms in total. The minimum Gasteiger partial charge on any atom is -0.371 e. The number of rotatable bonds is 3. The van der Waals surface area contributed by atoms with Crippen molar-refractivity contribution in [1.29, 1.82) is 0 Å². The molecule has 21 heavy (non-hydrogen) atoms. The molecule has 2 unspecified atom stereocenters. The van der Waals surface area contributed by atoms with Gasteiger partial charge in [0.15, 0.2) is 0 Å². The molecular weight excluding hydrogens is 258 g/mol. The standard InChI is InChI=1S/C18H27N3/c1-20-10-11-21(18-5-3-2-4-17(18)20)9-8-14-12-15-6-7-16(13-14)19-15/h2-5,14-16,19H,6-13H2,1H3. The predicted octanol–water partition coefficient (Wildman–Crippen LogP) is 2.86. The van der Waals surface area contributed by atoms with Crippen molar-refractivity contribution in [2.24, 2.45) is 5.92 Å². The lowest BCUT2D eigenvalue weighted by Gasteiger charge is -2.38. The second-order valence-electron chi connectivity index (χ2n) is 7.16. The van der Waals surface area contributed by atoms with Crippen molar-refractivity contribution in [1.82, 2.24) is 5.32 Å². The highest BCUT2D eigenvalue weighted by molar-refractivity contribution is 5.73. The molecule has 0 aliphatic carbocycles. The van der Waals surface area contributed by atoms with Crippen LogP contribution in [0.5, 0.6) is 0 Å². The molecule has 0 aromatic heterocycles. The maximum atomic E-state index is 3.76. The highest BCUT2D eigenvalue weighted by atomic mass is 15.2. The van der Waals surface area contributed by atoms with E-state index in [0.29, 0.717) is 0 Å². The van der Waals surface area contributed by atoms with Gasteiger partial charge in [0.2, 0.25) is 0 Å². The summed E-state index contributed by atoms with van der Waals surface area (Å²) >= 11 is 0. The van der Waals surface area contributed by atoms with E-state index < -0.39 is 0 Å². The molecule has 114 valence electrons. The summed E-state index contributed by atoms with van der Waals surface area (Å²) in [5, 5.41) is 3.76. The van der Waals surface area contributed by atoms with Gasteiger partial charge >= 0.3 is 0 Å². The minimum atomic E-state index is 0.827. The first-order valence-corrected chi connectivity index (χ1v) is 8.61. The van der Waals surface area contributed by atoms with Gasteiger partial charge in [0.25, 0.3) is 0 Å². The average Bonchev–Trinajstić information content (AvgIpc) is 2.86. The van der Waals surface area contributed by atoms with Gasteiger partial charge in [0.1, 0.15) is 0 Å². The van der Waals surface area contributed by atoms with Crippen LogP contribution in [0.15, 0.2) is 24.3 Å². The summed E-state index contributed by atoms with van der Waals surface area (Å²) in [4.78, 5) is 5.00. The van der Waals surface area contributed by atoms with Crippen LogP contribution in [0.1, 0.15) is 32.1 Å². The smallest absolute Gasteiger partial charge is 0.0604 e. The zero-order valence-corrected chi connectivity index (χ0v) is 13.1. The predicted molar refractivity (Wildman–Crippen MR) is 89.2 cm³/mol. The third-order valence-electron chi connectivity index (χ3n) is 5.72. The lowest BCUT2D eigenvalue weighted by atomic mass is 9.89. The van der Waals surface area contributed by atoms with E-state index in [1.807, 2.05) is 0 Å². The fourth-order valence-corrected chi connectivity index (χ4v) is 4.55. The molecule has 1 aromatic carbocycles. The van der Waals surface area contributed by atoms with Crippen molar-refractivity contribution in [2.45, 2.75) is 44.2 Å². The third-order valence-corrected chi connectivity index (χ3v) is 5.72. The molecular formula is C18H27N3. The topological polar surface area (TPSA) is 18.5 Å². The zero-order valence-electron chi connectivity index (χ0n) is 13.1. The molecule has 2 saturated heterocycles. The van der Waals surface area contributed by atoms with Crippen molar-refractivity contribution in [3.63, 3.8) is 0 Å². The number of hydrogen-bond acceptors (Lipinski definition) is 3. The summed E-state index contributed by atoms with van der Waals surface area (Å²) in [5.41, 5.74) is 2.83. The highest BCUT2D eigenvalue weighted by Crippen LogP contribution is 2.35. The normalized spacial score (nSPS) is 31.4. The molecule has 2 atom stereocenters. The number of anilines is 2. The van der Waals surface area contributed by atoms with Crippen molar-refractivity contribution in [3.05, 3.63) is 24.3 Å². The largest absolute Gasteiger partial charge is 0.371 e. The number of piperidine rings is 1. The fraction of sp³-hybridized carbons (Fsp3) is 0.667. The minimum absolute atomic E-state index is 0.827. The number of hydrogen-bond donors (Lipinski definition) is 1. The van der Waals surface area contributed by atoms with E-state index in [4.69, 9.17) is 0 Å². The number of likely N-dealkylation sites (N-methyl/N-ethyl adjacent to an activating group) is 1. The molecule has 0 amide bonds. The van der Waals surface area contributed by atoms with Gasteiger partial charge in [-0.1, -0.05) is 12.1 Å². The van der Waals surface area contributed by atoms with Crippen LogP contribution in [0.4, 0.5) is 11.4 Å². The van der Waals surface area contributed by atoms with Crippen molar-refractivity contribution < 1.29 is 0 Å². The number of para-hydroxylation sites is 2. The quantitative estimate of drug-likeness (QED) is 0.921. The van der Waals surface area contributed by atoms with Crippen molar-refractivity contribution in [2.75, 3.05) is 36.5 Å². The van der Waals surface area contributed by atoms with E-state index in [1.165, 1.54) is 56.6 Å². The van der Waals surface area contributed by atoms with Gasteiger partial charge in [-0.3, -0.25) is 0 Å². The number of fused-ring (bicyclic) bond motifs is 3. The van der Waals surface area contributed by atoms with Crippen LogP contribution >= 0.6 is 0 Å². The van der Waals surface area contributed by atoms with Gasteiger partial charge in [-0.25, -0.2) is 0 Å². The molecule has 3 heterocycles. The van der Waals surface area contributed by atoms with Crippen LogP contribution in [0.3, 0.4) is 0 Å². The molecule has 1 aromatic rings. The van der Waals surface area contributed by atoms with Crippen LogP contribution in [-0.4, -0.2) is 38.8 Å². The van der Waals surface area contributed by atoms with Crippen LogP contribution in [0, 0.1) is 5.92 Å². The Morgan fingerprint density at radius 3 is 2.52 bits per heavy atom. The lowest BCUT2D eigenvalue weighted by Crippen LogP contribution is -2.42. The molecule has 3 aliphatic rings. The van der Waals surface area contributed by atoms with E-state index in [2.05, 4.69) is 46.4 Å². The third kappa shape index (κ3) is 2.64.